The Kier molecular flexibility index (Phi) is 3.22. The first-order valence-corrected chi connectivity index (χ1v) is 9.97. The Morgan fingerprint density at radius 2 is 1.67 bits per heavy atom. The van der Waals surface area contributed by atoms with Gasteiger partial charge in [0.2, 0.25) is 0 Å². The molecule has 0 bridgehead atoms. The summed E-state index contributed by atoms with van der Waals surface area (Å²) in [4.78, 5) is 17.9. The Balaban J connectivity index is 1.94. The molecule has 0 saturated heterocycles. The zero-order chi connectivity index (χ0) is 16.1. The summed E-state index contributed by atoms with van der Waals surface area (Å²) in [6.45, 7) is 0. The topological polar surface area (TPSA) is 34.9 Å². The molecule has 2 aromatic carbocycles. The molecule has 24 heavy (non-hydrogen) atoms. The van der Waals surface area contributed by atoms with E-state index < -0.39 is 0 Å². The van der Waals surface area contributed by atoms with Crippen LogP contribution in [-0.2, 0) is 12.8 Å². The van der Waals surface area contributed by atoms with E-state index in [0.29, 0.717) is 0 Å². The Morgan fingerprint density at radius 1 is 0.917 bits per heavy atom. The van der Waals surface area contributed by atoms with E-state index >= 15 is 0 Å². The molecule has 0 radical (unpaired) electrons. The Labute approximate surface area is 145 Å². The van der Waals surface area contributed by atoms with Crippen LogP contribution >= 0.6 is 0 Å². The molecule has 2 heterocycles. The number of nitrogens with zero attached hydrogens (tertiary/aromatic N) is 2. The fourth-order valence-electron chi connectivity index (χ4n) is 3.70. The molecular formula is C20H16N2OSe. The molecule has 5 rings (SSSR count). The summed E-state index contributed by atoms with van der Waals surface area (Å²) in [5, 5.41) is 1.98. The number of benzene rings is 2. The molecule has 4 heteroatoms. The van der Waals surface area contributed by atoms with Crippen LogP contribution in [0.3, 0.4) is 0 Å². The molecule has 0 saturated carbocycles. The molecule has 4 aromatic rings. The van der Waals surface area contributed by atoms with Gasteiger partial charge in [-0.2, -0.15) is 0 Å². The average Bonchev–Trinajstić information content (AvgIpc) is 2.96. The van der Waals surface area contributed by atoms with Gasteiger partial charge in [-0.15, -0.1) is 0 Å². The van der Waals surface area contributed by atoms with Gasteiger partial charge in [0.15, 0.2) is 0 Å². The molecule has 0 fully saturated rings. The maximum atomic E-state index is 13.0. The molecule has 1 aliphatic rings. The molecule has 0 unspecified atom stereocenters. The van der Waals surface area contributed by atoms with E-state index in [1.54, 1.807) is 0 Å². The number of pyridine rings is 1. The van der Waals surface area contributed by atoms with Crippen molar-refractivity contribution in [3.05, 3.63) is 70.1 Å². The molecule has 2 aromatic heterocycles. The molecule has 0 spiro atoms. The summed E-state index contributed by atoms with van der Waals surface area (Å²) in [5.74, 6) is 0. The van der Waals surface area contributed by atoms with E-state index in [0.717, 1.165) is 34.8 Å². The van der Waals surface area contributed by atoms with Crippen LogP contribution in [0.4, 0.5) is 0 Å². The van der Waals surface area contributed by atoms with Crippen LogP contribution in [0.2, 0.25) is 0 Å². The van der Waals surface area contributed by atoms with E-state index in [9.17, 15) is 4.79 Å². The van der Waals surface area contributed by atoms with Gasteiger partial charge in [-0.05, 0) is 0 Å². The number of fused-ring (bicyclic) bond motifs is 3. The van der Waals surface area contributed by atoms with Crippen LogP contribution in [0.1, 0.15) is 24.1 Å². The second-order valence-corrected chi connectivity index (χ2v) is 8.37. The van der Waals surface area contributed by atoms with Crippen LogP contribution in [0.5, 0.6) is 0 Å². The molecule has 0 aliphatic heterocycles. The van der Waals surface area contributed by atoms with Crippen LogP contribution in [0, 0.1) is 0 Å². The van der Waals surface area contributed by atoms with Crippen LogP contribution < -0.4 is 5.56 Å². The Hall–Kier alpha value is -2.16. The van der Waals surface area contributed by atoms with Gasteiger partial charge in [-0.25, -0.2) is 0 Å². The van der Waals surface area contributed by atoms with E-state index in [1.807, 2.05) is 33.9 Å². The zero-order valence-corrected chi connectivity index (χ0v) is 14.9. The summed E-state index contributed by atoms with van der Waals surface area (Å²) in [6.07, 6.45) is 4.42. The fourth-order valence-corrected chi connectivity index (χ4v) is 5.95. The summed E-state index contributed by atoms with van der Waals surface area (Å²) in [5.41, 5.74) is 4.76. The minimum atomic E-state index is 0.00299. The standard InChI is InChI=1S/C20H16N2OSe/c23-20-15-9-3-6-12-18(15)24-22(20)19-13-7-1-4-10-16(13)21-17-11-5-2-8-14(17)19/h1,3-4,6-7,9-10,12H,2,5,8,11H2. The molecule has 0 amide bonds. The van der Waals surface area contributed by atoms with Crippen LogP contribution in [0.25, 0.3) is 26.2 Å². The number of hydrogen-bond acceptors (Lipinski definition) is 2. The van der Waals surface area contributed by atoms with Gasteiger partial charge in [-0.3, -0.25) is 0 Å². The van der Waals surface area contributed by atoms with Gasteiger partial charge in [-0.1, -0.05) is 0 Å². The molecule has 1 aliphatic carbocycles. The fraction of sp³-hybridized carbons (Fsp3) is 0.200. The second-order valence-electron chi connectivity index (χ2n) is 6.30. The maximum absolute atomic E-state index is 13.0. The van der Waals surface area contributed by atoms with E-state index in [4.69, 9.17) is 4.98 Å². The van der Waals surface area contributed by atoms with Crippen molar-refractivity contribution in [3.63, 3.8) is 0 Å². The van der Waals surface area contributed by atoms with Gasteiger partial charge in [0.1, 0.15) is 0 Å². The van der Waals surface area contributed by atoms with E-state index in [2.05, 4.69) is 18.2 Å². The van der Waals surface area contributed by atoms with Crippen molar-refractivity contribution < 1.29 is 0 Å². The Morgan fingerprint density at radius 3 is 2.54 bits per heavy atom. The Bertz CT molecular complexity index is 1140. The SMILES string of the molecule is O=c1c2ccccc2[se]n1-c1c2c(nc3ccccc13)CCCC2. The third-order valence-electron chi connectivity index (χ3n) is 4.83. The normalized spacial score (nSPS) is 14.2. The first kappa shape index (κ1) is 14.2. The van der Waals surface area contributed by atoms with E-state index in [1.165, 1.54) is 28.4 Å². The van der Waals surface area contributed by atoms with Gasteiger partial charge >= 0.3 is 145 Å². The molecule has 3 nitrogen and oxygen atoms in total. The number of rotatable bonds is 1. The van der Waals surface area contributed by atoms with Gasteiger partial charge in [0, 0.05) is 0 Å². The molecule has 0 atom stereocenters. The monoisotopic (exact) mass is 380 g/mol. The number of aryl methyl sites for hydroxylation is 1. The zero-order valence-electron chi connectivity index (χ0n) is 13.2. The van der Waals surface area contributed by atoms with Crippen molar-refractivity contribution in [3.8, 4) is 5.69 Å². The molecule has 118 valence electrons. The van der Waals surface area contributed by atoms with Crippen molar-refractivity contribution >= 4 is 35.3 Å². The predicted molar refractivity (Wildman–Crippen MR) is 98.4 cm³/mol. The average molecular weight is 379 g/mol. The third kappa shape index (κ3) is 2.03. The summed E-state index contributed by atoms with van der Waals surface area (Å²) < 4.78 is 3.21. The molecular weight excluding hydrogens is 363 g/mol. The van der Waals surface area contributed by atoms with Crippen molar-refractivity contribution in [2.45, 2.75) is 25.7 Å². The summed E-state index contributed by atoms with van der Waals surface area (Å²) in [7, 11) is 0. The van der Waals surface area contributed by atoms with Crippen molar-refractivity contribution in [1.82, 2.24) is 8.55 Å². The van der Waals surface area contributed by atoms with Crippen molar-refractivity contribution in [1.29, 1.82) is 0 Å². The first-order chi connectivity index (χ1) is 11.8. The second kappa shape index (κ2) is 5.44. The molecule has 0 N–H and O–H groups in total. The third-order valence-corrected chi connectivity index (χ3v) is 7.11. The van der Waals surface area contributed by atoms with Gasteiger partial charge in [0.25, 0.3) is 0 Å². The number of aromatic nitrogens is 2. The van der Waals surface area contributed by atoms with Gasteiger partial charge < -0.3 is 0 Å². The van der Waals surface area contributed by atoms with E-state index in [-0.39, 0.29) is 20.3 Å². The number of para-hydroxylation sites is 1. The van der Waals surface area contributed by atoms with Crippen molar-refractivity contribution in [2.24, 2.45) is 0 Å². The van der Waals surface area contributed by atoms with Crippen molar-refractivity contribution in [2.75, 3.05) is 0 Å². The van der Waals surface area contributed by atoms with Crippen LogP contribution in [-0.4, -0.2) is 23.3 Å². The first-order valence-electron chi connectivity index (χ1n) is 8.35. The summed E-state index contributed by atoms with van der Waals surface area (Å²) >= 11 is 0.00299. The quantitative estimate of drug-likeness (QED) is 0.475. The van der Waals surface area contributed by atoms with Crippen LogP contribution in [0.15, 0.2) is 53.3 Å². The predicted octanol–water partition coefficient (Wildman–Crippen LogP) is 3.47. The van der Waals surface area contributed by atoms with Gasteiger partial charge in [0.05, 0.1) is 0 Å². The minimum absolute atomic E-state index is 0.00299. The summed E-state index contributed by atoms with van der Waals surface area (Å²) in [6, 6.07) is 16.3. The number of hydrogen-bond donors (Lipinski definition) is 0.